The van der Waals surface area contributed by atoms with Crippen LogP contribution in [0.4, 0.5) is 0 Å². The fourth-order valence-electron chi connectivity index (χ4n) is 2.54. The zero-order valence-corrected chi connectivity index (χ0v) is 16.3. The highest BCUT2D eigenvalue weighted by atomic mass is 35.5. The molecule has 5 nitrogen and oxygen atoms in total. The number of halogens is 1. The van der Waals surface area contributed by atoms with E-state index in [4.69, 9.17) is 17.0 Å². The van der Waals surface area contributed by atoms with E-state index in [1.807, 2.05) is 54.6 Å². The van der Waals surface area contributed by atoms with Crippen LogP contribution in [0.15, 0.2) is 96.6 Å². The van der Waals surface area contributed by atoms with E-state index in [-0.39, 0.29) is 5.96 Å². The number of carbonyl (C=O) groups excluding carboxylic acids is 1. The Morgan fingerprint density at radius 3 is 2.10 bits per heavy atom. The summed E-state index contributed by atoms with van der Waals surface area (Å²) >= 11 is 6.19. The monoisotopic (exact) mass is 402 g/mol. The molecule has 0 fully saturated rings. The van der Waals surface area contributed by atoms with Gasteiger partial charge in [0.15, 0.2) is 0 Å². The standard InChI is InChI=1S/C23H19ClN4O/c1-17(18-10-4-2-5-11-18)28(26-16-20-14-8-9-15-21(20)24)23(25)27-22(29)19-12-6-3-7-13-19/h2-16H,1H2,(H2,25,27,29)/b26-16+. The fraction of sp³-hybridized carbons (Fsp3) is 0. The Kier molecular flexibility index (Phi) is 6.55. The van der Waals surface area contributed by atoms with Crippen LogP contribution < -0.4 is 5.32 Å². The average molecular weight is 403 g/mol. The first-order valence-corrected chi connectivity index (χ1v) is 9.22. The van der Waals surface area contributed by atoms with Gasteiger partial charge in [-0.15, -0.1) is 0 Å². The van der Waals surface area contributed by atoms with Crippen molar-refractivity contribution in [2.24, 2.45) is 5.10 Å². The minimum absolute atomic E-state index is 0.226. The smallest absolute Gasteiger partial charge is 0.258 e. The summed E-state index contributed by atoms with van der Waals surface area (Å²) < 4.78 is 0. The molecule has 144 valence electrons. The Bertz CT molecular complexity index is 1050. The number of hydrogen-bond acceptors (Lipinski definition) is 3. The van der Waals surface area contributed by atoms with Crippen molar-refractivity contribution in [3.8, 4) is 0 Å². The van der Waals surface area contributed by atoms with Gasteiger partial charge in [0, 0.05) is 16.1 Å². The van der Waals surface area contributed by atoms with Crippen LogP contribution in [0.3, 0.4) is 0 Å². The highest BCUT2D eigenvalue weighted by Gasteiger charge is 2.17. The maximum atomic E-state index is 12.5. The summed E-state index contributed by atoms with van der Waals surface area (Å²) in [6.07, 6.45) is 1.53. The molecule has 29 heavy (non-hydrogen) atoms. The predicted molar refractivity (Wildman–Crippen MR) is 118 cm³/mol. The van der Waals surface area contributed by atoms with Crippen LogP contribution in [-0.2, 0) is 0 Å². The van der Waals surface area contributed by atoms with E-state index in [1.165, 1.54) is 11.2 Å². The Morgan fingerprint density at radius 1 is 0.931 bits per heavy atom. The molecular formula is C23H19ClN4O. The van der Waals surface area contributed by atoms with Crippen molar-refractivity contribution in [1.29, 1.82) is 5.41 Å². The first kappa shape index (κ1) is 20.0. The highest BCUT2D eigenvalue weighted by Crippen LogP contribution is 2.19. The van der Waals surface area contributed by atoms with Crippen molar-refractivity contribution >= 4 is 35.4 Å². The van der Waals surface area contributed by atoms with Gasteiger partial charge in [-0.2, -0.15) is 5.10 Å². The van der Waals surface area contributed by atoms with Crippen LogP contribution in [0.2, 0.25) is 5.02 Å². The summed E-state index contributed by atoms with van der Waals surface area (Å²) in [5.74, 6) is -0.634. The summed E-state index contributed by atoms with van der Waals surface area (Å²) in [5, 5.41) is 17.1. The molecule has 0 aromatic heterocycles. The Labute approximate surface area is 174 Å². The lowest BCUT2D eigenvalue weighted by Gasteiger charge is -2.22. The van der Waals surface area contributed by atoms with Gasteiger partial charge in [-0.25, -0.2) is 5.01 Å². The molecule has 0 spiro atoms. The highest BCUT2D eigenvalue weighted by molar-refractivity contribution is 6.33. The van der Waals surface area contributed by atoms with Crippen LogP contribution >= 0.6 is 11.6 Å². The van der Waals surface area contributed by atoms with Gasteiger partial charge in [0.1, 0.15) is 0 Å². The molecule has 0 bridgehead atoms. The quantitative estimate of drug-likeness (QED) is 0.357. The number of carbonyl (C=O) groups is 1. The van der Waals surface area contributed by atoms with Crippen LogP contribution in [0.1, 0.15) is 21.5 Å². The molecule has 0 radical (unpaired) electrons. The van der Waals surface area contributed by atoms with Gasteiger partial charge in [-0.1, -0.05) is 84.9 Å². The molecular weight excluding hydrogens is 384 g/mol. The van der Waals surface area contributed by atoms with Gasteiger partial charge < -0.3 is 0 Å². The van der Waals surface area contributed by atoms with Crippen LogP contribution in [0, 0.1) is 5.41 Å². The van der Waals surface area contributed by atoms with Gasteiger partial charge in [0.2, 0.25) is 5.96 Å². The summed E-state index contributed by atoms with van der Waals surface area (Å²) in [6.45, 7) is 4.05. The Balaban J connectivity index is 1.87. The number of rotatable bonds is 5. The topological polar surface area (TPSA) is 68.6 Å². The van der Waals surface area contributed by atoms with Crippen LogP contribution in [0.25, 0.3) is 5.70 Å². The average Bonchev–Trinajstić information content (AvgIpc) is 2.76. The third kappa shape index (κ3) is 5.18. The number of nitrogens with zero attached hydrogens (tertiary/aromatic N) is 2. The molecule has 0 unspecified atom stereocenters. The van der Waals surface area contributed by atoms with Gasteiger partial charge in [-0.3, -0.25) is 15.5 Å². The number of benzene rings is 3. The number of amides is 1. The normalized spacial score (nSPS) is 10.5. The van der Waals surface area contributed by atoms with Crippen molar-refractivity contribution in [1.82, 2.24) is 10.3 Å². The summed E-state index contributed by atoms with van der Waals surface area (Å²) in [7, 11) is 0. The molecule has 0 saturated heterocycles. The first-order valence-electron chi connectivity index (χ1n) is 8.84. The molecule has 3 aromatic rings. The van der Waals surface area contributed by atoms with E-state index in [0.29, 0.717) is 21.8 Å². The number of nitrogens with one attached hydrogen (secondary N) is 2. The lowest BCUT2D eigenvalue weighted by atomic mass is 10.2. The fourth-order valence-corrected chi connectivity index (χ4v) is 2.72. The van der Waals surface area contributed by atoms with Crippen molar-refractivity contribution in [3.05, 3.63) is 113 Å². The van der Waals surface area contributed by atoms with Crippen LogP contribution in [0.5, 0.6) is 0 Å². The molecule has 3 rings (SSSR count). The van der Waals surface area contributed by atoms with E-state index >= 15 is 0 Å². The van der Waals surface area contributed by atoms with E-state index in [0.717, 1.165) is 5.56 Å². The van der Waals surface area contributed by atoms with E-state index in [1.54, 1.807) is 30.3 Å². The second-order valence-corrected chi connectivity index (χ2v) is 6.47. The SMILES string of the molecule is C=C(c1ccccc1)N(/N=C/c1ccccc1Cl)C(=N)NC(=O)c1ccccc1. The maximum Gasteiger partial charge on any atom is 0.258 e. The van der Waals surface area contributed by atoms with Crippen molar-refractivity contribution < 1.29 is 4.79 Å². The van der Waals surface area contributed by atoms with E-state index in [9.17, 15) is 4.79 Å². The van der Waals surface area contributed by atoms with Gasteiger partial charge in [-0.05, 0) is 23.8 Å². The Morgan fingerprint density at radius 2 is 1.48 bits per heavy atom. The molecule has 6 heteroatoms. The molecule has 0 aliphatic carbocycles. The summed E-state index contributed by atoms with van der Waals surface area (Å²) in [4.78, 5) is 12.5. The third-order valence-electron chi connectivity index (χ3n) is 4.06. The lowest BCUT2D eigenvalue weighted by Crippen LogP contribution is -2.40. The maximum absolute atomic E-state index is 12.5. The molecule has 0 heterocycles. The molecule has 3 aromatic carbocycles. The minimum Gasteiger partial charge on any atom is -0.291 e. The zero-order valence-electron chi connectivity index (χ0n) is 15.5. The first-order chi connectivity index (χ1) is 14.1. The van der Waals surface area contributed by atoms with E-state index < -0.39 is 5.91 Å². The molecule has 0 aliphatic rings. The molecule has 0 atom stereocenters. The van der Waals surface area contributed by atoms with Crippen molar-refractivity contribution in [3.63, 3.8) is 0 Å². The number of guanidine groups is 1. The third-order valence-corrected chi connectivity index (χ3v) is 4.40. The number of hydrogen-bond donors (Lipinski definition) is 2. The number of hydrazone groups is 1. The predicted octanol–water partition coefficient (Wildman–Crippen LogP) is 5.01. The second-order valence-electron chi connectivity index (χ2n) is 6.06. The largest absolute Gasteiger partial charge is 0.291 e. The summed E-state index contributed by atoms with van der Waals surface area (Å²) in [6, 6.07) is 25.2. The lowest BCUT2D eigenvalue weighted by molar-refractivity contribution is 0.0973. The molecule has 2 N–H and O–H groups in total. The van der Waals surface area contributed by atoms with Gasteiger partial charge >= 0.3 is 0 Å². The van der Waals surface area contributed by atoms with Gasteiger partial charge in [0.05, 0.1) is 11.9 Å². The van der Waals surface area contributed by atoms with E-state index in [2.05, 4.69) is 17.0 Å². The minimum atomic E-state index is -0.408. The van der Waals surface area contributed by atoms with Gasteiger partial charge in [0.25, 0.3) is 5.91 Å². The molecule has 0 saturated carbocycles. The summed E-state index contributed by atoms with van der Waals surface area (Å²) in [5.41, 5.74) is 2.33. The second kappa shape index (κ2) is 9.48. The Hall–Kier alpha value is -3.70. The zero-order chi connectivity index (χ0) is 20.6. The van der Waals surface area contributed by atoms with Crippen molar-refractivity contribution in [2.75, 3.05) is 0 Å². The molecule has 0 aliphatic heterocycles. The van der Waals surface area contributed by atoms with Crippen LogP contribution in [-0.4, -0.2) is 23.1 Å². The van der Waals surface area contributed by atoms with Crippen molar-refractivity contribution in [2.45, 2.75) is 0 Å². The molecule has 1 amide bonds.